The van der Waals surface area contributed by atoms with Crippen LogP contribution in [-0.2, 0) is 9.59 Å². The number of ether oxygens (including phenoxy) is 1. The Labute approximate surface area is 112 Å². The maximum Gasteiger partial charge on any atom is 0.247 e. The van der Waals surface area contributed by atoms with Gasteiger partial charge >= 0.3 is 0 Å². The fraction of sp³-hybridized carbons (Fsp3) is 0.429. The van der Waals surface area contributed by atoms with Crippen molar-refractivity contribution < 1.29 is 14.3 Å². The summed E-state index contributed by atoms with van der Waals surface area (Å²) in [5.74, 6) is 0.490. The normalized spacial score (nSPS) is 18.5. The number of likely N-dealkylation sites (tertiary alicyclic amines) is 1. The predicted octanol–water partition coefficient (Wildman–Crippen LogP) is 1.64. The van der Waals surface area contributed by atoms with Gasteiger partial charge in [0.2, 0.25) is 11.8 Å². The van der Waals surface area contributed by atoms with E-state index in [0.717, 1.165) is 0 Å². The summed E-state index contributed by atoms with van der Waals surface area (Å²) >= 11 is 0. The van der Waals surface area contributed by atoms with E-state index >= 15 is 0 Å². The molecule has 2 rings (SSSR count). The highest BCUT2D eigenvalue weighted by molar-refractivity contribution is 5.99. The van der Waals surface area contributed by atoms with Crippen molar-refractivity contribution in [3.05, 3.63) is 24.3 Å². The maximum atomic E-state index is 12.2. The smallest absolute Gasteiger partial charge is 0.247 e. The molecule has 1 saturated heterocycles. The first kappa shape index (κ1) is 13.4. The van der Waals surface area contributed by atoms with Gasteiger partial charge in [0.25, 0.3) is 0 Å². The number of hydrogen-bond acceptors (Lipinski definition) is 3. The first-order chi connectivity index (χ1) is 9.13. The van der Waals surface area contributed by atoms with Gasteiger partial charge in [0.05, 0.1) is 12.3 Å². The lowest BCUT2D eigenvalue weighted by Gasteiger charge is -2.20. The third kappa shape index (κ3) is 2.86. The number of nitrogens with one attached hydrogen (secondary N) is 1. The van der Waals surface area contributed by atoms with E-state index in [1.165, 1.54) is 4.90 Å². The van der Waals surface area contributed by atoms with E-state index in [-0.39, 0.29) is 17.9 Å². The van der Waals surface area contributed by atoms with Crippen LogP contribution in [0.4, 0.5) is 5.69 Å². The largest absolute Gasteiger partial charge is 0.492 e. The van der Waals surface area contributed by atoms with Gasteiger partial charge in [-0.1, -0.05) is 12.1 Å². The molecule has 0 aromatic heterocycles. The standard InChI is InChI=1S/C14H18N2O3/c1-3-19-12-7-5-4-6-10(12)15-14(18)11-8-9-13(17)16(11)2/h4-7,11H,3,8-9H2,1-2H3,(H,15,18). The fourth-order valence-electron chi connectivity index (χ4n) is 2.18. The van der Waals surface area contributed by atoms with Crippen LogP contribution >= 0.6 is 0 Å². The van der Waals surface area contributed by atoms with Crippen LogP contribution < -0.4 is 10.1 Å². The van der Waals surface area contributed by atoms with E-state index in [9.17, 15) is 9.59 Å². The molecule has 1 fully saturated rings. The van der Waals surface area contributed by atoms with Gasteiger partial charge < -0.3 is 15.0 Å². The molecule has 0 radical (unpaired) electrons. The Balaban J connectivity index is 2.09. The third-order valence-electron chi connectivity index (χ3n) is 3.24. The van der Waals surface area contributed by atoms with E-state index in [0.29, 0.717) is 30.9 Å². The van der Waals surface area contributed by atoms with Crippen LogP contribution in [0.15, 0.2) is 24.3 Å². The Morgan fingerprint density at radius 3 is 2.84 bits per heavy atom. The zero-order chi connectivity index (χ0) is 13.8. The summed E-state index contributed by atoms with van der Waals surface area (Å²) in [6, 6.07) is 6.90. The highest BCUT2D eigenvalue weighted by Crippen LogP contribution is 2.25. The van der Waals surface area contributed by atoms with Gasteiger partial charge in [0.1, 0.15) is 11.8 Å². The van der Waals surface area contributed by atoms with Crippen molar-refractivity contribution in [3.8, 4) is 5.75 Å². The quantitative estimate of drug-likeness (QED) is 0.897. The van der Waals surface area contributed by atoms with Crippen molar-refractivity contribution in [3.63, 3.8) is 0 Å². The molecule has 1 aliphatic rings. The molecule has 1 N–H and O–H groups in total. The molecule has 0 bridgehead atoms. The number of hydrogen-bond donors (Lipinski definition) is 1. The molecule has 0 aliphatic carbocycles. The Hall–Kier alpha value is -2.04. The van der Waals surface area contributed by atoms with Crippen LogP contribution in [0.25, 0.3) is 0 Å². The molecule has 1 unspecified atom stereocenters. The SMILES string of the molecule is CCOc1ccccc1NC(=O)C1CCC(=O)N1C. The summed E-state index contributed by atoms with van der Waals surface area (Å²) in [7, 11) is 1.66. The second-order valence-electron chi connectivity index (χ2n) is 4.48. The number of carbonyl (C=O) groups is 2. The molecule has 1 aliphatic heterocycles. The lowest BCUT2D eigenvalue weighted by Crippen LogP contribution is -2.38. The van der Waals surface area contributed by atoms with Crippen LogP contribution in [0.1, 0.15) is 19.8 Å². The van der Waals surface area contributed by atoms with E-state index in [1.807, 2.05) is 25.1 Å². The van der Waals surface area contributed by atoms with Crippen LogP contribution in [0.5, 0.6) is 5.75 Å². The average molecular weight is 262 g/mol. The summed E-state index contributed by atoms with van der Waals surface area (Å²) in [4.78, 5) is 25.1. The topological polar surface area (TPSA) is 58.6 Å². The number of para-hydroxylation sites is 2. The molecular weight excluding hydrogens is 244 g/mol. The molecular formula is C14H18N2O3. The van der Waals surface area contributed by atoms with Crippen molar-refractivity contribution >= 4 is 17.5 Å². The lowest BCUT2D eigenvalue weighted by molar-refractivity contribution is -0.131. The minimum Gasteiger partial charge on any atom is -0.492 e. The molecule has 19 heavy (non-hydrogen) atoms. The molecule has 1 atom stereocenters. The zero-order valence-corrected chi connectivity index (χ0v) is 11.2. The number of rotatable bonds is 4. The number of nitrogens with zero attached hydrogens (tertiary/aromatic N) is 1. The minimum atomic E-state index is -0.387. The van der Waals surface area contributed by atoms with Crippen molar-refractivity contribution in [1.29, 1.82) is 0 Å². The fourth-order valence-corrected chi connectivity index (χ4v) is 2.18. The Morgan fingerprint density at radius 1 is 1.47 bits per heavy atom. The van der Waals surface area contributed by atoms with Gasteiger partial charge in [-0.2, -0.15) is 0 Å². The Kier molecular flexibility index (Phi) is 4.04. The minimum absolute atomic E-state index is 0.0123. The van der Waals surface area contributed by atoms with Gasteiger partial charge in [-0.3, -0.25) is 9.59 Å². The van der Waals surface area contributed by atoms with E-state index in [1.54, 1.807) is 13.1 Å². The van der Waals surface area contributed by atoms with Gasteiger partial charge in [-0.15, -0.1) is 0 Å². The number of carbonyl (C=O) groups excluding carboxylic acids is 2. The van der Waals surface area contributed by atoms with Gasteiger partial charge in [-0.05, 0) is 25.5 Å². The number of anilines is 1. The summed E-state index contributed by atoms with van der Waals surface area (Å²) in [6.45, 7) is 2.43. The maximum absolute atomic E-state index is 12.2. The van der Waals surface area contributed by atoms with Crippen LogP contribution in [0.2, 0.25) is 0 Å². The van der Waals surface area contributed by atoms with Crippen LogP contribution in [0.3, 0.4) is 0 Å². The molecule has 102 valence electrons. The molecule has 0 saturated carbocycles. The number of benzene rings is 1. The van der Waals surface area contributed by atoms with Crippen molar-refractivity contribution in [1.82, 2.24) is 4.90 Å². The molecule has 5 heteroatoms. The summed E-state index contributed by atoms with van der Waals surface area (Å²) < 4.78 is 5.45. The second kappa shape index (κ2) is 5.73. The highest BCUT2D eigenvalue weighted by Gasteiger charge is 2.33. The number of likely N-dealkylation sites (N-methyl/N-ethyl adjacent to an activating group) is 1. The highest BCUT2D eigenvalue weighted by atomic mass is 16.5. The third-order valence-corrected chi connectivity index (χ3v) is 3.24. The monoisotopic (exact) mass is 262 g/mol. The van der Waals surface area contributed by atoms with Gasteiger partial charge in [-0.25, -0.2) is 0 Å². The Morgan fingerprint density at radius 2 is 2.21 bits per heavy atom. The molecule has 1 aromatic rings. The van der Waals surface area contributed by atoms with Crippen LogP contribution in [0, 0.1) is 0 Å². The van der Waals surface area contributed by atoms with Gasteiger partial charge in [0, 0.05) is 13.5 Å². The van der Waals surface area contributed by atoms with Crippen LogP contribution in [-0.4, -0.2) is 36.4 Å². The summed E-state index contributed by atoms with van der Waals surface area (Å²) in [5.41, 5.74) is 0.641. The first-order valence-corrected chi connectivity index (χ1v) is 6.42. The van der Waals surface area contributed by atoms with E-state index < -0.39 is 0 Å². The lowest BCUT2D eigenvalue weighted by atomic mass is 10.2. The van der Waals surface area contributed by atoms with E-state index in [4.69, 9.17) is 4.74 Å². The van der Waals surface area contributed by atoms with Crippen molar-refractivity contribution in [2.24, 2.45) is 0 Å². The van der Waals surface area contributed by atoms with Gasteiger partial charge in [0.15, 0.2) is 0 Å². The molecule has 2 amide bonds. The van der Waals surface area contributed by atoms with Crippen molar-refractivity contribution in [2.45, 2.75) is 25.8 Å². The first-order valence-electron chi connectivity index (χ1n) is 6.42. The average Bonchev–Trinajstić information content (AvgIpc) is 2.73. The van der Waals surface area contributed by atoms with Crippen molar-refractivity contribution in [2.75, 3.05) is 19.0 Å². The number of amides is 2. The zero-order valence-electron chi connectivity index (χ0n) is 11.2. The molecule has 0 spiro atoms. The Bertz CT molecular complexity index is 487. The summed E-state index contributed by atoms with van der Waals surface area (Å²) in [5, 5.41) is 2.83. The molecule has 1 aromatic carbocycles. The summed E-state index contributed by atoms with van der Waals surface area (Å²) in [6.07, 6.45) is 1.000. The molecule has 5 nitrogen and oxygen atoms in total. The predicted molar refractivity (Wildman–Crippen MR) is 72.0 cm³/mol. The van der Waals surface area contributed by atoms with E-state index in [2.05, 4.69) is 5.32 Å². The molecule has 1 heterocycles. The second-order valence-corrected chi connectivity index (χ2v) is 4.48.